The Balaban J connectivity index is 1.09. The highest BCUT2D eigenvalue weighted by Crippen LogP contribution is 2.58. The summed E-state index contributed by atoms with van der Waals surface area (Å²) in [7, 11) is 5.34. The smallest absolute Gasteiger partial charge is 0.408 e. The lowest BCUT2D eigenvalue weighted by Gasteiger charge is -2.60. The van der Waals surface area contributed by atoms with Crippen LogP contribution in [0.15, 0.2) is 67.3 Å². The van der Waals surface area contributed by atoms with Crippen LogP contribution < -0.4 is 34.3 Å². The first-order valence-corrected chi connectivity index (χ1v) is 25.5. The summed E-state index contributed by atoms with van der Waals surface area (Å²) < 4.78 is 48.5. The predicted octanol–water partition coefficient (Wildman–Crippen LogP) is 7.93. The Hall–Kier alpha value is -5.96. The number of nitrogens with zero attached hydrogens (tertiary/aromatic N) is 3. The van der Waals surface area contributed by atoms with Crippen molar-refractivity contribution in [1.82, 2.24) is 20.4 Å². The molecule has 0 saturated carbocycles. The molecule has 0 aromatic heterocycles. The van der Waals surface area contributed by atoms with Crippen LogP contribution in [0, 0.1) is 25.2 Å². The average Bonchev–Trinajstić information content (AvgIpc) is 3.96. The second kappa shape index (κ2) is 21.0. The van der Waals surface area contributed by atoms with Crippen LogP contribution >= 0.6 is 11.8 Å². The van der Waals surface area contributed by atoms with E-state index in [1.54, 1.807) is 52.8 Å². The lowest BCUT2D eigenvalue weighted by Crippen LogP contribution is -2.69. The van der Waals surface area contributed by atoms with Gasteiger partial charge in [-0.2, -0.15) is 17.0 Å². The SMILES string of the molecule is C=CCOc1c(C)c2c(c3c1CC1[C@@H]4c5c(cc(C)c(OC)c5OCOCCOC)C[C@@H]([C@H](C#N)N1[C@H]3CNC(=O)[C@H](CSCC1c3ccccc3-c3ccccc31)NC(=O)OC(C)(C)C)N4C)OCO2. The van der Waals surface area contributed by atoms with Gasteiger partial charge < -0.3 is 48.5 Å². The van der Waals surface area contributed by atoms with Crippen LogP contribution in [-0.4, -0.2) is 124 Å². The van der Waals surface area contributed by atoms with Crippen molar-refractivity contribution in [3.05, 3.63) is 112 Å². The number of fused-ring (bicyclic) bond motifs is 12. The van der Waals surface area contributed by atoms with E-state index in [0.717, 1.165) is 33.4 Å². The summed E-state index contributed by atoms with van der Waals surface area (Å²) in [6, 6.07) is 18.7. The predicted molar refractivity (Wildman–Crippen MR) is 271 cm³/mol. The first-order valence-electron chi connectivity index (χ1n) is 24.3. The Morgan fingerprint density at radius 1 is 0.958 bits per heavy atom. The molecule has 1 aliphatic carbocycles. The van der Waals surface area contributed by atoms with Crippen LogP contribution in [0.4, 0.5) is 4.79 Å². The zero-order valence-electron chi connectivity index (χ0n) is 41.9. The van der Waals surface area contributed by atoms with Crippen molar-refractivity contribution in [2.45, 2.75) is 95.2 Å². The molecule has 376 valence electrons. The van der Waals surface area contributed by atoms with Gasteiger partial charge in [0.2, 0.25) is 12.7 Å². The highest BCUT2D eigenvalue weighted by atomic mass is 32.2. The van der Waals surface area contributed by atoms with Crippen molar-refractivity contribution in [2.24, 2.45) is 0 Å². The molecule has 16 heteroatoms. The molecule has 0 radical (unpaired) electrons. The van der Waals surface area contributed by atoms with Gasteiger partial charge >= 0.3 is 6.09 Å². The molecule has 15 nitrogen and oxygen atoms in total. The Morgan fingerprint density at radius 3 is 2.35 bits per heavy atom. The number of rotatable bonds is 18. The zero-order chi connectivity index (χ0) is 50.1. The number of aryl methyl sites for hydroxylation is 1. The van der Waals surface area contributed by atoms with E-state index in [4.69, 9.17) is 37.9 Å². The Labute approximate surface area is 421 Å². The van der Waals surface area contributed by atoms with Gasteiger partial charge in [-0.3, -0.25) is 14.6 Å². The van der Waals surface area contributed by atoms with E-state index >= 15 is 0 Å². The van der Waals surface area contributed by atoms with Crippen LogP contribution in [0.25, 0.3) is 11.1 Å². The molecule has 4 aromatic rings. The topological polar surface area (TPSA) is 162 Å². The molecule has 2 bridgehead atoms. The van der Waals surface area contributed by atoms with Crippen LogP contribution in [-0.2, 0) is 31.8 Å². The fourth-order valence-electron chi connectivity index (χ4n) is 11.5. The van der Waals surface area contributed by atoms with Crippen LogP contribution in [0.2, 0.25) is 0 Å². The molecule has 5 aliphatic rings. The summed E-state index contributed by atoms with van der Waals surface area (Å²) in [5.74, 6) is 3.65. The van der Waals surface area contributed by atoms with Gasteiger partial charge in [-0.1, -0.05) is 67.3 Å². The number of piperazine rings is 1. The maximum atomic E-state index is 14.9. The number of thioether (sulfide) groups is 1. The first kappa shape index (κ1) is 50.0. The minimum atomic E-state index is -0.970. The van der Waals surface area contributed by atoms with E-state index in [1.165, 1.54) is 22.3 Å². The monoisotopic (exact) mass is 987 g/mol. The maximum absolute atomic E-state index is 14.9. The second-order valence-electron chi connectivity index (χ2n) is 19.7. The molecule has 4 heterocycles. The fraction of sp³-hybridized carbons (Fsp3) is 0.473. The number of carbonyl (C=O) groups is 2. The van der Waals surface area contributed by atoms with E-state index in [-0.39, 0.29) is 62.4 Å². The standard InChI is InChI=1S/C55H65N5O10S/c1-10-19-66-49-32(3)50-52(69-30-68-50)46-38(49)24-42-47-45-33(22-31(2)48(64-9)51(45)67-29-65-21-20-63-8)23-41(59(47)7)43(25-56)60(42)44(46)26-57-53(61)40(58-54(62)70-55(4,5)6)28-71-27-39-36-17-13-11-15-34(36)35-16-12-14-18-37(35)39/h10-18,22,39-44,47H,1,19-21,23-24,26-30H2,2-9H3,(H,57,61)(H,58,62)/t40-,41-,42?,43-,44-,47+/m0/s1. The number of hydrogen-bond acceptors (Lipinski definition) is 14. The number of amides is 2. The van der Waals surface area contributed by atoms with Gasteiger partial charge in [-0.05, 0) is 87.9 Å². The van der Waals surface area contributed by atoms with E-state index in [0.29, 0.717) is 60.6 Å². The maximum Gasteiger partial charge on any atom is 0.408 e. The van der Waals surface area contributed by atoms with Crippen molar-refractivity contribution in [3.8, 4) is 45.9 Å². The molecule has 6 atom stereocenters. The number of methoxy groups -OCH3 is 2. The molecular weight excluding hydrogens is 923 g/mol. The van der Waals surface area contributed by atoms with Crippen molar-refractivity contribution in [2.75, 3.05) is 72.7 Å². The van der Waals surface area contributed by atoms with Crippen LogP contribution in [0.1, 0.15) is 83.3 Å². The Kier molecular flexibility index (Phi) is 14.8. The number of nitriles is 1. The summed E-state index contributed by atoms with van der Waals surface area (Å²) in [5, 5.41) is 17.6. The Morgan fingerprint density at radius 2 is 1.68 bits per heavy atom. The van der Waals surface area contributed by atoms with Crippen LogP contribution in [0.5, 0.6) is 28.7 Å². The molecule has 1 unspecified atom stereocenters. The van der Waals surface area contributed by atoms with Gasteiger partial charge in [0.15, 0.2) is 29.8 Å². The second-order valence-corrected chi connectivity index (χ2v) is 20.8. The molecule has 4 aromatic carbocycles. The van der Waals surface area contributed by atoms with Gasteiger partial charge in [-0.25, -0.2) is 4.79 Å². The molecule has 1 saturated heterocycles. The van der Waals surface area contributed by atoms with Crippen LogP contribution in [0.3, 0.4) is 0 Å². The summed E-state index contributed by atoms with van der Waals surface area (Å²) in [5.41, 5.74) is 9.53. The molecule has 2 N–H and O–H groups in total. The summed E-state index contributed by atoms with van der Waals surface area (Å²) >= 11 is 1.60. The number of carbonyl (C=O) groups excluding carboxylic acids is 2. The van der Waals surface area contributed by atoms with Gasteiger partial charge in [0.1, 0.15) is 30.0 Å². The molecular formula is C55H65N5O10S. The number of benzene rings is 4. The zero-order valence-corrected chi connectivity index (χ0v) is 42.7. The van der Waals surface area contributed by atoms with E-state index in [1.807, 2.05) is 13.8 Å². The van der Waals surface area contributed by atoms with E-state index in [9.17, 15) is 14.9 Å². The summed E-state index contributed by atoms with van der Waals surface area (Å²) in [6.07, 6.45) is 2.02. The first-order chi connectivity index (χ1) is 34.3. The third-order valence-electron chi connectivity index (χ3n) is 14.3. The Bertz CT molecular complexity index is 2670. The fourth-order valence-corrected chi connectivity index (χ4v) is 12.7. The minimum absolute atomic E-state index is 0.000417. The minimum Gasteiger partial charge on any atom is -0.493 e. The van der Waals surface area contributed by atoms with Crippen molar-refractivity contribution < 1.29 is 47.5 Å². The number of ether oxygens (including phenoxy) is 8. The third-order valence-corrected chi connectivity index (χ3v) is 15.5. The number of nitrogens with one attached hydrogen (secondary N) is 2. The molecule has 9 rings (SSSR count). The molecule has 1 fully saturated rings. The lowest BCUT2D eigenvalue weighted by molar-refractivity contribution is -0.123. The van der Waals surface area contributed by atoms with Crippen molar-refractivity contribution in [1.29, 1.82) is 5.26 Å². The number of likely N-dealkylation sites (N-methyl/N-ethyl adjacent to an activating group) is 1. The average molecular weight is 988 g/mol. The third kappa shape index (κ3) is 9.50. The largest absolute Gasteiger partial charge is 0.493 e. The lowest BCUT2D eigenvalue weighted by atomic mass is 9.71. The number of alkyl carbamates (subject to hydrolysis) is 1. The van der Waals surface area contributed by atoms with Crippen molar-refractivity contribution >= 4 is 23.8 Å². The van der Waals surface area contributed by atoms with E-state index < -0.39 is 29.8 Å². The quantitative estimate of drug-likeness (QED) is 0.0562. The van der Waals surface area contributed by atoms with Gasteiger partial charge in [0.05, 0.1) is 38.5 Å². The number of hydrogen-bond donors (Lipinski definition) is 2. The highest BCUT2D eigenvalue weighted by molar-refractivity contribution is 7.99. The molecule has 0 spiro atoms. The van der Waals surface area contributed by atoms with Gasteiger partial charge in [0, 0.05) is 65.4 Å². The highest BCUT2D eigenvalue weighted by Gasteiger charge is 2.57. The molecule has 4 aliphatic heterocycles. The molecule has 71 heavy (non-hydrogen) atoms. The molecule has 2 amide bonds. The summed E-state index contributed by atoms with van der Waals surface area (Å²) in [6.45, 7) is 14.3. The van der Waals surface area contributed by atoms with Gasteiger partial charge in [-0.15, -0.1) is 0 Å². The van der Waals surface area contributed by atoms with Gasteiger partial charge in [0.25, 0.3) is 0 Å². The van der Waals surface area contributed by atoms with E-state index in [2.05, 4.69) is 94.7 Å². The summed E-state index contributed by atoms with van der Waals surface area (Å²) in [4.78, 5) is 33.0. The van der Waals surface area contributed by atoms with Crippen molar-refractivity contribution in [3.63, 3.8) is 0 Å². The normalized spacial score (nSPS) is 21.1.